The summed E-state index contributed by atoms with van der Waals surface area (Å²) < 4.78 is 0. The molecule has 13 heavy (non-hydrogen) atoms. The normalized spacial score (nSPS) is 14.8. The Hall–Kier alpha value is -1.04. The molecule has 0 radical (unpaired) electrons. The van der Waals surface area contributed by atoms with Crippen LogP contribution >= 0.6 is 0 Å². The Bertz CT molecular complexity index is 205. The molecule has 1 amide bonds. The van der Waals surface area contributed by atoms with Crippen molar-refractivity contribution in [1.82, 2.24) is 5.32 Å². The van der Waals surface area contributed by atoms with E-state index in [1.165, 1.54) is 0 Å². The predicted octanol–water partition coefficient (Wildman–Crippen LogP) is 1.70. The third-order valence-corrected chi connectivity index (χ3v) is 2.20. The third kappa shape index (κ3) is 4.51. The minimum absolute atomic E-state index is 0.0149. The second-order valence-electron chi connectivity index (χ2n) is 3.80. The first-order chi connectivity index (χ1) is 5.99. The number of carbonyl (C=O) groups is 1. The van der Waals surface area contributed by atoms with Gasteiger partial charge in [0.1, 0.15) is 0 Å². The maximum atomic E-state index is 11.4. The van der Waals surface area contributed by atoms with Crippen molar-refractivity contribution in [2.45, 2.75) is 40.2 Å². The minimum Gasteiger partial charge on any atom is -0.352 e. The van der Waals surface area contributed by atoms with Crippen molar-refractivity contribution in [1.29, 1.82) is 5.26 Å². The fraction of sp³-hybridized carbons (Fsp3) is 0.800. The first-order valence-electron chi connectivity index (χ1n) is 4.66. The zero-order valence-corrected chi connectivity index (χ0v) is 8.79. The lowest BCUT2D eigenvalue weighted by atomic mass is 9.97. The lowest BCUT2D eigenvalue weighted by molar-refractivity contribution is -0.126. The van der Waals surface area contributed by atoms with E-state index in [0.29, 0.717) is 12.3 Å². The topological polar surface area (TPSA) is 52.9 Å². The van der Waals surface area contributed by atoms with Crippen molar-refractivity contribution in [3.05, 3.63) is 0 Å². The van der Waals surface area contributed by atoms with E-state index in [4.69, 9.17) is 5.26 Å². The molecule has 0 aromatic rings. The van der Waals surface area contributed by atoms with E-state index in [9.17, 15) is 4.79 Å². The number of nitriles is 1. The molecular formula is C10H18N2O. The van der Waals surface area contributed by atoms with Gasteiger partial charge in [-0.05, 0) is 12.8 Å². The number of nitrogens with zero attached hydrogens (tertiary/aromatic N) is 1. The first-order valence-corrected chi connectivity index (χ1v) is 4.66. The van der Waals surface area contributed by atoms with Gasteiger partial charge in [0.2, 0.25) is 5.91 Å². The zero-order chi connectivity index (χ0) is 10.4. The van der Waals surface area contributed by atoms with Gasteiger partial charge in [0.25, 0.3) is 0 Å². The number of hydrogen-bond donors (Lipinski definition) is 1. The van der Waals surface area contributed by atoms with E-state index in [-0.39, 0.29) is 17.9 Å². The molecule has 0 rings (SSSR count). The summed E-state index contributed by atoms with van der Waals surface area (Å²) in [6.45, 7) is 7.77. The van der Waals surface area contributed by atoms with Crippen LogP contribution in [0.1, 0.15) is 34.1 Å². The highest BCUT2D eigenvalue weighted by Crippen LogP contribution is 2.09. The smallest absolute Gasteiger partial charge is 0.223 e. The van der Waals surface area contributed by atoms with Gasteiger partial charge in [-0.15, -0.1) is 0 Å². The largest absolute Gasteiger partial charge is 0.352 e. The van der Waals surface area contributed by atoms with Crippen molar-refractivity contribution in [2.24, 2.45) is 11.8 Å². The number of carbonyl (C=O) groups excluding carboxylic acids is 1. The van der Waals surface area contributed by atoms with E-state index in [1.54, 1.807) is 0 Å². The van der Waals surface area contributed by atoms with Gasteiger partial charge in [0.15, 0.2) is 0 Å². The van der Waals surface area contributed by atoms with Crippen LogP contribution in [-0.4, -0.2) is 11.9 Å². The molecular weight excluding hydrogens is 164 g/mol. The Labute approximate surface area is 80.1 Å². The molecule has 2 atom stereocenters. The summed E-state index contributed by atoms with van der Waals surface area (Å²) in [6.07, 6.45) is 0.372. The Morgan fingerprint density at radius 2 is 1.92 bits per heavy atom. The molecule has 0 saturated carbocycles. The molecule has 0 aliphatic rings. The Morgan fingerprint density at radius 1 is 1.38 bits per heavy atom. The Morgan fingerprint density at radius 3 is 2.31 bits per heavy atom. The number of nitrogens with one attached hydrogen (secondary N) is 1. The minimum atomic E-state index is -0.0429. The number of amides is 1. The average Bonchev–Trinajstić information content (AvgIpc) is 2.03. The number of hydrogen-bond acceptors (Lipinski definition) is 2. The van der Waals surface area contributed by atoms with Gasteiger partial charge >= 0.3 is 0 Å². The van der Waals surface area contributed by atoms with Gasteiger partial charge in [-0.1, -0.05) is 20.8 Å². The maximum Gasteiger partial charge on any atom is 0.223 e. The fourth-order valence-corrected chi connectivity index (χ4v) is 0.865. The van der Waals surface area contributed by atoms with Crippen molar-refractivity contribution < 1.29 is 4.79 Å². The fourth-order valence-electron chi connectivity index (χ4n) is 0.865. The van der Waals surface area contributed by atoms with E-state index in [1.807, 2.05) is 33.8 Å². The molecule has 74 valence electrons. The standard InChI is InChI=1S/C10H18N2O/c1-7(2)9(4)10(13)12-8(3)5-6-11/h7-9H,5H2,1-4H3,(H,12,13). The van der Waals surface area contributed by atoms with Crippen LogP contribution in [0.3, 0.4) is 0 Å². The summed E-state index contributed by atoms with van der Waals surface area (Å²) in [7, 11) is 0. The maximum absolute atomic E-state index is 11.4. The lowest BCUT2D eigenvalue weighted by Gasteiger charge is -2.17. The second-order valence-corrected chi connectivity index (χ2v) is 3.80. The van der Waals surface area contributed by atoms with Gasteiger partial charge in [0, 0.05) is 12.0 Å². The summed E-state index contributed by atoms with van der Waals surface area (Å²) in [4.78, 5) is 11.4. The van der Waals surface area contributed by atoms with Crippen LogP contribution in [0.4, 0.5) is 0 Å². The van der Waals surface area contributed by atoms with Crippen molar-refractivity contribution in [3.8, 4) is 6.07 Å². The molecule has 0 spiro atoms. The monoisotopic (exact) mass is 182 g/mol. The van der Waals surface area contributed by atoms with Crippen LogP contribution in [0.5, 0.6) is 0 Å². The molecule has 0 aliphatic heterocycles. The van der Waals surface area contributed by atoms with Crippen LogP contribution in [0.2, 0.25) is 0 Å². The van der Waals surface area contributed by atoms with Gasteiger partial charge in [-0.2, -0.15) is 5.26 Å². The highest BCUT2D eigenvalue weighted by atomic mass is 16.1. The molecule has 0 saturated heterocycles. The van der Waals surface area contributed by atoms with Crippen LogP contribution in [0.25, 0.3) is 0 Å². The van der Waals surface area contributed by atoms with Crippen molar-refractivity contribution in [3.63, 3.8) is 0 Å². The summed E-state index contributed by atoms with van der Waals surface area (Å²) in [6, 6.07) is 1.98. The lowest BCUT2D eigenvalue weighted by Crippen LogP contribution is -2.37. The van der Waals surface area contributed by atoms with E-state index < -0.39 is 0 Å². The molecule has 1 N–H and O–H groups in total. The van der Waals surface area contributed by atoms with Crippen molar-refractivity contribution in [2.75, 3.05) is 0 Å². The summed E-state index contributed by atoms with van der Waals surface area (Å²) in [5, 5.41) is 11.2. The quantitative estimate of drug-likeness (QED) is 0.719. The highest BCUT2D eigenvalue weighted by Gasteiger charge is 2.17. The SMILES string of the molecule is CC(CC#N)NC(=O)C(C)C(C)C. The molecule has 0 heterocycles. The van der Waals surface area contributed by atoms with Crippen molar-refractivity contribution >= 4 is 5.91 Å². The molecule has 0 aromatic carbocycles. The predicted molar refractivity (Wildman–Crippen MR) is 51.8 cm³/mol. The summed E-state index contributed by atoms with van der Waals surface area (Å²) in [5.74, 6) is 0.396. The Balaban J connectivity index is 3.94. The van der Waals surface area contributed by atoms with E-state index >= 15 is 0 Å². The second kappa shape index (κ2) is 5.58. The molecule has 0 aliphatic carbocycles. The summed E-state index contributed by atoms with van der Waals surface area (Å²) >= 11 is 0. The zero-order valence-electron chi connectivity index (χ0n) is 8.79. The molecule has 0 aromatic heterocycles. The third-order valence-electron chi connectivity index (χ3n) is 2.20. The van der Waals surface area contributed by atoms with E-state index in [2.05, 4.69) is 5.32 Å². The molecule has 2 unspecified atom stereocenters. The van der Waals surface area contributed by atoms with Gasteiger partial charge in [-0.25, -0.2) is 0 Å². The van der Waals surface area contributed by atoms with Crippen LogP contribution in [0.15, 0.2) is 0 Å². The van der Waals surface area contributed by atoms with Crippen LogP contribution in [0, 0.1) is 23.2 Å². The summed E-state index contributed by atoms with van der Waals surface area (Å²) in [5.41, 5.74) is 0. The van der Waals surface area contributed by atoms with Gasteiger partial charge in [-0.3, -0.25) is 4.79 Å². The van der Waals surface area contributed by atoms with E-state index in [0.717, 1.165) is 0 Å². The number of rotatable bonds is 4. The van der Waals surface area contributed by atoms with Gasteiger partial charge < -0.3 is 5.32 Å². The molecule has 3 nitrogen and oxygen atoms in total. The van der Waals surface area contributed by atoms with Crippen LogP contribution in [-0.2, 0) is 4.79 Å². The molecule has 3 heteroatoms. The molecule has 0 bridgehead atoms. The highest BCUT2D eigenvalue weighted by molar-refractivity contribution is 5.78. The van der Waals surface area contributed by atoms with Gasteiger partial charge in [0.05, 0.1) is 12.5 Å². The molecule has 0 fully saturated rings. The Kier molecular flexibility index (Phi) is 5.13. The first kappa shape index (κ1) is 12.0. The van der Waals surface area contributed by atoms with Crippen LogP contribution < -0.4 is 5.32 Å². The average molecular weight is 182 g/mol.